The predicted octanol–water partition coefficient (Wildman–Crippen LogP) is 2.74. The molecule has 2 rings (SSSR count). The number of carbonyl (C=O) groups is 2. The van der Waals surface area contributed by atoms with E-state index in [4.69, 9.17) is 9.84 Å². The molecule has 1 heterocycles. The molecule has 0 amide bonds. The Balaban J connectivity index is 2.42. The summed E-state index contributed by atoms with van der Waals surface area (Å²) in [5, 5.41) is 9.07. The maximum atomic E-state index is 11.1. The molecule has 1 N–H and O–H groups in total. The minimum Gasteiger partial charge on any atom is -0.488 e. The first kappa shape index (κ1) is 13.5. The number of carboxylic acid groups (broad SMARTS) is 1. The first-order valence-electron chi connectivity index (χ1n) is 5.86. The second kappa shape index (κ2) is 5.79. The lowest BCUT2D eigenvalue weighted by molar-refractivity contribution is -0.109. The number of rotatable bonds is 6. The van der Waals surface area contributed by atoms with Gasteiger partial charge in [0.05, 0.1) is 15.8 Å². The van der Waals surface area contributed by atoms with E-state index in [-0.39, 0.29) is 18.1 Å². The third-order valence-corrected chi connectivity index (χ3v) is 3.53. The standard InChI is InChI=1S/C13H13NO4S/c1-2-9(3-4-15)18-10-5-8(13(16)17)6-11-12(10)14-7-19-11/h4-7,9H,2-3H2,1H3,(H,16,17)/t9-/m0/s1. The van der Waals surface area contributed by atoms with Crippen LogP contribution in [0.25, 0.3) is 10.2 Å². The molecule has 0 fully saturated rings. The first-order chi connectivity index (χ1) is 9.15. The van der Waals surface area contributed by atoms with Crippen molar-refractivity contribution in [1.29, 1.82) is 0 Å². The average Bonchev–Trinajstić information content (AvgIpc) is 2.86. The molecule has 2 aromatic rings. The largest absolute Gasteiger partial charge is 0.488 e. The molecule has 0 spiro atoms. The van der Waals surface area contributed by atoms with Crippen LogP contribution >= 0.6 is 11.3 Å². The van der Waals surface area contributed by atoms with Gasteiger partial charge in [0.1, 0.15) is 23.7 Å². The number of hydrogen-bond acceptors (Lipinski definition) is 5. The summed E-state index contributed by atoms with van der Waals surface area (Å²) in [6, 6.07) is 3.03. The summed E-state index contributed by atoms with van der Waals surface area (Å²) in [5.41, 5.74) is 2.44. The number of fused-ring (bicyclic) bond motifs is 1. The van der Waals surface area contributed by atoms with Gasteiger partial charge in [-0.25, -0.2) is 9.78 Å². The maximum Gasteiger partial charge on any atom is 0.335 e. The molecule has 5 nitrogen and oxygen atoms in total. The summed E-state index contributed by atoms with van der Waals surface area (Å²) in [6.07, 6.45) is 1.49. The van der Waals surface area contributed by atoms with Gasteiger partial charge in [0.15, 0.2) is 0 Å². The monoisotopic (exact) mass is 279 g/mol. The first-order valence-corrected chi connectivity index (χ1v) is 6.74. The Hall–Kier alpha value is -1.95. The van der Waals surface area contributed by atoms with Crippen molar-refractivity contribution in [3.8, 4) is 5.75 Å². The molecule has 0 aliphatic carbocycles. The number of thiazole rings is 1. The molecule has 6 heteroatoms. The second-order valence-corrected chi connectivity index (χ2v) is 4.92. The highest BCUT2D eigenvalue weighted by atomic mass is 32.1. The van der Waals surface area contributed by atoms with Gasteiger partial charge in [0.2, 0.25) is 0 Å². The average molecular weight is 279 g/mol. The van der Waals surface area contributed by atoms with Gasteiger partial charge < -0.3 is 14.6 Å². The highest BCUT2D eigenvalue weighted by Crippen LogP contribution is 2.30. The van der Waals surface area contributed by atoms with E-state index in [2.05, 4.69) is 4.98 Å². The topological polar surface area (TPSA) is 76.5 Å². The second-order valence-electron chi connectivity index (χ2n) is 4.03. The summed E-state index contributed by atoms with van der Waals surface area (Å²) < 4.78 is 6.48. The number of nitrogens with zero attached hydrogens (tertiary/aromatic N) is 1. The third-order valence-electron chi connectivity index (χ3n) is 2.76. The lowest BCUT2D eigenvalue weighted by atomic mass is 10.2. The van der Waals surface area contributed by atoms with E-state index in [1.165, 1.54) is 17.4 Å². The molecular weight excluding hydrogens is 266 g/mol. The summed E-state index contributed by atoms with van der Waals surface area (Å²) >= 11 is 1.36. The lowest BCUT2D eigenvalue weighted by Crippen LogP contribution is -2.16. The molecule has 1 atom stereocenters. The number of aromatic carboxylic acids is 1. The lowest BCUT2D eigenvalue weighted by Gasteiger charge is -2.15. The summed E-state index contributed by atoms with van der Waals surface area (Å²) in [5.74, 6) is -0.589. The van der Waals surface area contributed by atoms with Crippen LogP contribution in [0.4, 0.5) is 0 Å². The van der Waals surface area contributed by atoms with E-state index in [9.17, 15) is 9.59 Å². The van der Waals surface area contributed by atoms with Crippen molar-refractivity contribution in [3.05, 3.63) is 23.2 Å². The fourth-order valence-electron chi connectivity index (χ4n) is 1.73. The van der Waals surface area contributed by atoms with Crippen LogP contribution in [0.5, 0.6) is 5.75 Å². The molecule has 0 aliphatic rings. The molecule has 100 valence electrons. The van der Waals surface area contributed by atoms with Crippen molar-refractivity contribution in [3.63, 3.8) is 0 Å². The SMILES string of the molecule is CC[C@@H](CC=O)Oc1cc(C(=O)O)cc2scnc12. The molecule has 0 unspecified atom stereocenters. The molecular formula is C13H13NO4S. The van der Waals surface area contributed by atoms with Crippen LogP contribution in [0.2, 0.25) is 0 Å². The van der Waals surface area contributed by atoms with E-state index in [0.717, 1.165) is 11.0 Å². The number of aromatic nitrogens is 1. The van der Waals surface area contributed by atoms with E-state index >= 15 is 0 Å². The number of ether oxygens (including phenoxy) is 1. The Labute approximate surface area is 113 Å². The van der Waals surface area contributed by atoms with E-state index < -0.39 is 5.97 Å². The third kappa shape index (κ3) is 2.90. The van der Waals surface area contributed by atoms with Crippen LogP contribution in [-0.2, 0) is 4.79 Å². The van der Waals surface area contributed by atoms with E-state index in [0.29, 0.717) is 17.7 Å². The number of aldehydes is 1. The number of hydrogen-bond donors (Lipinski definition) is 1. The zero-order chi connectivity index (χ0) is 13.8. The highest BCUT2D eigenvalue weighted by molar-refractivity contribution is 7.16. The van der Waals surface area contributed by atoms with Crippen LogP contribution in [-0.4, -0.2) is 28.4 Å². The smallest absolute Gasteiger partial charge is 0.335 e. The van der Waals surface area contributed by atoms with Gasteiger partial charge in [-0.1, -0.05) is 6.92 Å². The van der Waals surface area contributed by atoms with E-state index in [1.807, 2.05) is 6.92 Å². The van der Waals surface area contributed by atoms with Crippen LogP contribution in [0.15, 0.2) is 17.6 Å². The van der Waals surface area contributed by atoms with Crippen molar-refractivity contribution < 1.29 is 19.4 Å². The Kier molecular flexibility index (Phi) is 4.11. The Morgan fingerprint density at radius 1 is 1.58 bits per heavy atom. The molecule has 1 aromatic carbocycles. The zero-order valence-electron chi connectivity index (χ0n) is 10.3. The maximum absolute atomic E-state index is 11.1. The van der Waals surface area contributed by atoms with Crippen LogP contribution < -0.4 is 4.74 Å². The summed E-state index contributed by atoms with van der Waals surface area (Å²) in [6.45, 7) is 1.91. The van der Waals surface area contributed by atoms with Gasteiger partial charge in [0, 0.05) is 6.42 Å². The van der Waals surface area contributed by atoms with Gasteiger partial charge in [-0.05, 0) is 18.6 Å². The number of carboxylic acids is 1. The van der Waals surface area contributed by atoms with E-state index in [1.54, 1.807) is 11.6 Å². The Morgan fingerprint density at radius 3 is 3.00 bits per heavy atom. The molecule has 0 radical (unpaired) electrons. The highest BCUT2D eigenvalue weighted by Gasteiger charge is 2.15. The molecule has 0 aliphatic heterocycles. The van der Waals surface area contributed by atoms with Crippen molar-refractivity contribution in [2.45, 2.75) is 25.9 Å². The quantitative estimate of drug-likeness (QED) is 0.823. The van der Waals surface area contributed by atoms with Crippen LogP contribution in [0.3, 0.4) is 0 Å². The van der Waals surface area contributed by atoms with Gasteiger partial charge >= 0.3 is 5.97 Å². The molecule has 19 heavy (non-hydrogen) atoms. The van der Waals surface area contributed by atoms with Gasteiger partial charge in [0.25, 0.3) is 0 Å². The van der Waals surface area contributed by atoms with Gasteiger partial charge in [-0.3, -0.25) is 0 Å². The molecule has 0 saturated carbocycles. The predicted molar refractivity (Wildman–Crippen MR) is 72.0 cm³/mol. The molecule has 0 bridgehead atoms. The van der Waals surface area contributed by atoms with Crippen LogP contribution in [0.1, 0.15) is 30.1 Å². The normalized spacial score (nSPS) is 12.3. The Bertz CT molecular complexity index is 608. The zero-order valence-corrected chi connectivity index (χ0v) is 11.1. The van der Waals surface area contributed by atoms with Crippen molar-refractivity contribution in [2.75, 3.05) is 0 Å². The van der Waals surface area contributed by atoms with Crippen molar-refractivity contribution in [1.82, 2.24) is 4.98 Å². The van der Waals surface area contributed by atoms with Gasteiger partial charge in [-0.2, -0.15) is 0 Å². The van der Waals surface area contributed by atoms with Crippen LogP contribution in [0, 0.1) is 0 Å². The molecule has 0 saturated heterocycles. The summed E-state index contributed by atoms with van der Waals surface area (Å²) in [7, 11) is 0. The fourth-order valence-corrected chi connectivity index (χ4v) is 2.47. The number of benzene rings is 1. The minimum atomic E-state index is -1.01. The van der Waals surface area contributed by atoms with Crippen molar-refractivity contribution in [2.24, 2.45) is 0 Å². The van der Waals surface area contributed by atoms with Crippen molar-refractivity contribution >= 4 is 33.8 Å². The fraction of sp³-hybridized carbons (Fsp3) is 0.308. The summed E-state index contributed by atoms with van der Waals surface area (Å²) in [4.78, 5) is 25.8. The minimum absolute atomic E-state index is 0.160. The molecule has 1 aromatic heterocycles. The van der Waals surface area contributed by atoms with Gasteiger partial charge in [-0.15, -0.1) is 11.3 Å². The Morgan fingerprint density at radius 2 is 2.37 bits per heavy atom. The number of carbonyl (C=O) groups excluding carboxylic acids is 1.